The first kappa shape index (κ1) is 8.65. The summed E-state index contributed by atoms with van der Waals surface area (Å²) in [6, 6.07) is 12.1. The van der Waals surface area contributed by atoms with Crippen molar-refractivity contribution in [2.45, 2.75) is 0 Å². The van der Waals surface area contributed by atoms with E-state index >= 15 is 0 Å². The van der Waals surface area contributed by atoms with Crippen LogP contribution in [0, 0.1) is 0 Å². The maximum atomic E-state index is 4.18. The Labute approximate surface area is 85.6 Å². The molecule has 0 aliphatic carbocycles. The first-order valence-corrected chi connectivity index (χ1v) is 3.26. The molecule has 1 nitrogen and oxygen atoms in total. The fourth-order valence-corrected chi connectivity index (χ4v) is 1.02. The van der Waals surface area contributed by atoms with E-state index in [1.165, 1.54) is 5.39 Å². The van der Waals surface area contributed by atoms with E-state index in [9.17, 15) is 0 Å². The summed E-state index contributed by atoms with van der Waals surface area (Å²) < 4.78 is 0. The number of hydrogen-bond donors (Lipinski definition) is 0. The second-order valence-corrected chi connectivity index (χ2v) is 2.20. The van der Waals surface area contributed by atoms with Gasteiger partial charge < -0.3 is 0 Å². The number of nitrogens with zero attached hydrogens (tertiary/aromatic N) is 1. The number of rotatable bonds is 0. The van der Waals surface area contributed by atoms with E-state index in [1.54, 1.807) is 0 Å². The van der Waals surface area contributed by atoms with E-state index in [1.807, 2.05) is 30.5 Å². The zero-order chi connectivity index (χ0) is 6.81. The standard InChI is InChI=1S/C9H7N.Cd/c1-2-6-9-8(4-1)5-3-7-10-9;/h1-7H;. The Kier molecular flexibility index (Phi) is 2.99. The van der Waals surface area contributed by atoms with Crippen molar-refractivity contribution >= 4 is 10.9 Å². The van der Waals surface area contributed by atoms with Crippen molar-refractivity contribution in [3.8, 4) is 0 Å². The van der Waals surface area contributed by atoms with Gasteiger partial charge in [-0.15, -0.1) is 0 Å². The van der Waals surface area contributed by atoms with Crippen LogP contribution in [0.25, 0.3) is 10.9 Å². The molecule has 1 aromatic heterocycles. The quantitative estimate of drug-likeness (QED) is 0.645. The Bertz CT molecular complexity index is 281. The zero-order valence-electron chi connectivity index (χ0n) is 6.20. The van der Waals surface area contributed by atoms with Crippen LogP contribution in [0.4, 0.5) is 0 Å². The zero-order valence-corrected chi connectivity index (χ0v) is 10.2. The summed E-state index contributed by atoms with van der Waals surface area (Å²) in [6.07, 6.45) is 1.81. The van der Waals surface area contributed by atoms with Gasteiger partial charge in [-0.1, -0.05) is 24.3 Å². The average molecular weight is 242 g/mol. The number of hydrogen-bond acceptors (Lipinski definition) is 1. The maximum Gasteiger partial charge on any atom is 0.0701 e. The largest absolute Gasteiger partial charge is 0.256 e. The van der Waals surface area contributed by atoms with Crippen molar-refractivity contribution < 1.29 is 27.3 Å². The minimum absolute atomic E-state index is 0. The maximum absolute atomic E-state index is 4.18. The third-order valence-corrected chi connectivity index (χ3v) is 1.51. The molecular formula is C9H7CdN. The van der Waals surface area contributed by atoms with E-state index < -0.39 is 0 Å². The Morgan fingerprint density at radius 2 is 1.64 bits per heavy atom. The van der Waals surface area contributed by atoms with Crippen LogP contribution in [-0.4, -0.2) is 4.98 Å². The molecule has 0 fully saturated rings. The van der Waals surface area contributed by atoms with E-state index in [4.69, 9.17) is 0 Å². The van der Waals surface area contributed by atoms with Crippen LogP contribution in [-0.2, 0) is 27.3 Å². The topological polar surface area (TPSA) is 12.9 Å². The predicted molar refractivity (Wildman–Crippen MR) is 41.7 cm³/mol. The molecule has 0 atom stereocenters. The van der Waals surface area contributed by atoms with Crippen molar-refractivity contribution in [3.05, 3.63) is 42.6 Å². The molecule has 0 aliphatic heterocycles. The average Bonchev–Trinajstić information content (AvgIpc) is 2.05. The normalized spacial score (nSPS) is 9.09. The smallest absolute Gasteiger partial charge is 0.0701 e. The molecule has 1 aromatic carbocycles. The van der Waals surface area contributed by atoms with Gasteiger partial charge in [0.15, 0.2) is 0 Å². The number of pyridine rings is 1. The van der Waals surface area contributed by atoms with Crippen LogP contribution in [0.2, 0.25) is 0 Å². The fourth-order valence-electron chi connectivity index (χ4n) is 1.02. The second kappa shape index (κ2) is 3.80. The number of fused-ring (bicyclic) bond motifs is 1. The van der Waals surface area contributed by atoms with Crippen LogP contribution in [0.1, 0.15) is 0 Å². The number of para-hydroxylation sites is 1. The third-order valence-electron chi connectivity index (χ3n) is 1.51. The molecule has 0 bridgehead atoms. The van der Waals surface area contributed by atoms with Crippen LogP contribution in [0.3, 0.4) is 0 Å². The van der Waals surface area contributed by atoms with Crippen molar-refractivity contribution in [3.63, 3.8) is 0 Å². The molecule has 2 rings (SSSR count). The summed E-state index contributed by atoms with van der Waals surface area (Å²) in [6.45, 7) is 0. The van der Waals surface area contributed by atoms with Gasteiger partial charge in [0.2, 0.25) is 0 Å². The van der Waals surface area contributed by atoms with Gasteiger partial charge in [-0.2, -0.15) is 0 Å². The van der Waals surface area contributed by atoms with E-state index in [2.05, 4.69) is 17.1 Å². The second-order valence-electron chi connectivity index (χ2n) is 2.20. The molecule has 0 saturated carbocycles. The van der Waals surface area contributed by atoms with E-state index in [0.717, 1.165) is 5.52 Å². The van der Waals surface area contributed by atoms with Gasteiger partial charge in [-0.05, 0) is 12.1 Å². The SMILES string of the molecule is [Cd].c1ccc2ncccc2c1. The summed E-state index contributed by atoms with van der Waals surface area (Å²) in [5, 5.41) is 1.20. The fraction of sp³-hybridized carbons (Fsp3) is 0. The van der Waals surface area contributed by atoms with Crippen LogP contribution >= 0.6 is 0 Å². The van der Waals surface area contributed by atoms with Gasteiger partial charge in [0.05, 0.1) is 5.52 Å². The molecule has 2 aromatic rings. The third kappa shape index (κ3) is 1.77. The molecule has 0 unspecified atom stereocenters. The van der Waals surface area contributed by atoms with Crippen LogP contribution in [0.5, 0.6) is 0 Å². The Balaban J connectivity index is 0.000000605. The molecule has 50 valence electrons. The number of benzene rings is 1. The molecule has 11 heavy (non-hydrogen) atoms. The minimum Gasteiger partial charge on any atom is -0.256 e. The molecule has 0 radical (unpaired) electrons. The summed E-state index contributed by atoms with van der Waals surface area (Å²) in [7, 11) is 0. The Morgan fingerprint density at radius 3 is 2.45 bits per heavy atom. The number of aromatic nitrogens is 1. The summed E-state index contributed by atoms with van der Waals surface area (Å²) in [5.41, 5.74) is 1.06. The molecule has 0 spiro atoms. The van der Waals surface area contributed by atoms with Crippen molar-refractivity contribution in [2.75, 3.05) is 0 Å². The van der Waals surface area contributed by atoms with Gasteiger partial charge in [0.1, 0.15) is 0 Å². The molecule has 2 heteroatoms. The van der Waals surface area contributed by atoms with Gasteiger partial charge in [-0.25, -0.2) is 0 Å². The first-order chi connectivity index (χ1) is 4.97. The van der Waals surface area contributed by atoms with Crippen molar-refractivity contribution in [1.29, 1.82) is 0 Å². The first-order valence-electron chi connectivity index (χ1n) is 3.26. The summed E-state index contributed by atoms with van der Waals surface area (Å²) >= 11 is 0. The molecule has 0 amide bonds. The Morgan fingerprint density at radius 1 is 0.909 bits per heavy atom. The molecular weight excluding hydrogens is 235 g/mol. The molecule has 0 aliphatic rings. The predicted octanol–water partition coefficient (Wildman–Crippen LogP) is 2.23. The van der Waals surface area contributed by atoms with Gasteiger partial charge in [0, 0.05) is 38.9 Å². The van der Waals surface area contributed by atoms with Crippen molar-refractivity contribution in [1.82, 2.24) is 4.98 Å². The van der Waals surface area contributed by atoms with Crippen molar-refractivity contribution in [2.24, 2.45) is 0 Å². The van der Waals surface area contributed by atoms with E-state index in [-0.39, 0.29) is 27.3 Å². The van der Waals surface area contributed by atoms with Crippen LogP contribution in [0.15, 0.2) is 42.6 Å². The Hall–Kier alpha value is -0.448. The molecule has 1 heterocycles. The van der Waals surface area contributed by atoms with Crippen LogP contribution < -0.4 is 0 Å². The minimum atomic E-state index is 0. The summed E-state index contributed by atoms with van der Waals surface area (Å²) in [5.74, 6) is 0. The molecule has 0 saturated heterocycles. The van der Waals surface area contributed by atoms with Gasteiger partial charge >= 0.3 is 0 Å². The van der Waals surface area contributed by atoms with Gasteiger partial charge in [0.25, 0.3) is 0 Å². The monoisotopic (exact) mass is 243 g/mol. The molecule has 0 N–H and O–H groups in total. The van der Waals surface area contributed by atoms with E-state index in [0.29, 0.717) is 0 Å². The summed E-state index contributed by atoms with van der Waals surface area (Å²) in [4.78, 5) is 4.18. The van der Waals surface area contributed by atoms with Gasteiger partial charge in [-0.3, -0.25) is 4.98 Å².